The van der Waals surface area contributed by atoms with Crippen molar-refractivity contribution < 1.29 is 4.42 Å². The molecule has 0 bridgehead atoms. The van der Waals surface area contributed by atoms with E-state index in [1.807, 2.05) is 24.3 Å². The maximum atomic E-state index is 5.53. The first-order valence-corrected chi connectivity index (χ1v) is 3.60. The van der Waals surface area contributed by atoms with Crippen molar-refractivity contribution in [2.75, 3.05) is 0 Å². The van der Waals surface area contributed by atoms with Gasteiger partial charge in [-0.3, -0.25) is 0 Å². The van der Waals surface area contributed by atoms with Gasteiger partial charge in [-0.1, -0.05) is 29.7 Å². The van der Waals surface area contributed by atoms with Crippen molar-refractivity contribution in [2.24, 2.45) is 0 Å². The Kier molecular flexibility index (Phi) is 1.70. The highest BCUT2D eigenvalue weighted by molar-refractivity contribution is 6.32. The van der Waals surface area contributed by atoms with Gasteiger partial charge in [0.1, 0.15) is 7.85 Å². The molecule has 0 amide bonds. The van der Waals surface area contributed by atoms with Gasteiger partial charge in [0.15, 0.2) is 12.2 Å². The van der Waals surface area contributed by atoms with Crippen LogP contribution < -0.4 is 5.46 Å². The summed E-state index contributed by atoms with van der Waals surface area (Å²) in [5, 5.41) is 0. The van der Waals surface area contributed by atoms with Crippen LogP contribution in [0.5, 0.6) is 0 Å². The predicted octanol–water partition coefficient (Wildman–Crippen LogP) is 1.14. The van der Waals surface area contributed by atoms with Crippen molar-refractivity contribution in [1.82, 2.24) is 4.98 Å². The van der Waals surface area contributed by atoms with E-state index in [9.17, 15) is 0 Å². The lowest BCUT2D eigenvalue weighted by molar-refractivity contribution is 0.572. The maximum absolute atomic E-state index is 5.53. The van der Waals surface area contributed by atoms with E-state index < -0.39 is 0 Å². The normalized spacial score (nSPS) is 10.0. The van der Waals surface area contributed by atoms with Gasteiger partial charge < -0.3 is 4.42 Å². The summed E-state index contributed by atoms with van der Waals surface area (Å²) < 4.78 is 5.11. The van der Waals surface area contributed by atoms with Gasteiger partial charge in [0.2, 0.25) is 0 Å². The van der Waals surface area contributed by atoms with Crippen LogP contribution in [0.2, 0.25) is 0 Å². The quantitative estimate of drug-likeness (QED) is 0.577. The fourth-order valence-corrected chi connectivity index (χ4v) is 1.01. The van der Waals surface area contributed by atoms with Crippen LogP contribution in [0.25, 0.3) is 11.3 Å². The van der Waals surface area contributed by atoms with Crippen molar-refractivity contribution in [2.45, 2.75) is 0 Å². The number of benzene rings is 1. The van der Waals surface area contributed by atoms with E-state index in [0.29, 0.717) is 0 Å². The van der Waals surface area contributed by atoms with Crippen LogP contribution in [0.3, 0.4) is 0 Å². The Hall–Kier alpha value is -1.51. The van der Waals surface area contributed by atoms with Crippen molar-refractivity contribution in [1.29, 1.82) is 0 Å². The third-order valence-electron chi connectivity index (χ3n) is 1.63. The Bertz CT molecular complexity index is 353. The van der Waals surface area contributed by atoms with E-state index in [0.717, 1.165) is 16.8 Å². The average molecular weight is 155 g/mol. The lowest BCUT2D eigenvalue weighted by Crippen LogP contribution is -1.98. The summed E-state index contributed by atoms with van der Waals surface area (Å²) >= 11 is 0. The molecule has 0 spiro atoms. The molecule has 3 heteroatoms. The molecular formula is C9H6BNO. The molecule has 56 valence electrons. The number of hydrogen-bond acceptors (Lipinski definition) is 2. The van der Waals surface area contributed by atoms with Crippen molar-refractivity contribution >= 4 is 13.3 Å². The molecule has 0 fully saturated rings. The number of oxazole rings is 1. The molecule has 0 aliphatic heterocycles. The van der Waals surface area contributed by atoms with Crippen LogP contribution >= 0.6 is 0 Å². The monoisotopic (exact) mass is 155 g/mol. The second-order valence-electron chi connectivity index (χ2n) is 2.49. The van der Waals surface area contributed by atoms with Gasteiger partial charge in [-0.15, -0.1) is 0 Å². The Morgan fingerprint density at radius 1 is 1.17 bits per heavy atom. The van der Waals surface area contributed by atoms with Crippen LogP contribution in [0.1, 0.15) is 0 Å². The Labute approximate surface area is 71.7 Å². The predicted molar refractivity (Wildman–Crippen MR) is 47.3 cm³/mol. The second-order valence-corrected chi connectivity index (χ2v) is 2.49. The summed E-state index contributed by atoms with van der Waals surface area (Å²) in [6.45, 7) is 0. The fourth-order valence-electron chi connectivity index (χ4n) is 1.01. The molecule has 1 heterocycles. The molecule has 1 aromatic heterocycles. The standard InChI is InChI=1S/C9H6BNO/c10-8-3-1-7(2-4-8)9-5-11-6-12-9/h1-6H. The van der Waals surface area contributed by atoms with Gasteiger partial charge >= 0.3 is 0 Å². The highest BCUT2D eigenvalue weighted by atomic mass is 16.3. The largest absolute Gasteiger partial charge is 0.444 e. The first kappa shape index (κ1) is 7.16. The summed E-state index contributed by atoms with van der Waals surface area (Å²) in [6, 6.07) is 7.46. The fraction of sp³-hybridized carbons (Fsp3) is 0. The summed E-state index contributed by atoms with van der Waals surface area (Å²) in [5.74, 6) is 0.759. The molecule has 0 saturated heterocycles. The SMILES string of the molecule is [B]c1ccc(-c2cnco2)cc1. The molecule has 2 nitrogen and oxygen atoms in total. The molecule has 2 radical (unpaired) electrons. The number of nitrogens with zero attached hydrogens (tertiary/aromatic N) is 1. The number of rotatable bonds is 1. The third kappa shape index (κ3) is 1.26. The first-order chi connectivity index (χ1) is 5.86. The second kappa shape index (κ2) is 2.85. The van der Waals surface area contributed by atoms with E-state index in [4.69, 9.17) is 12.3 Å². The molecule has 0 saturated carbocycles. The third-order valence-corrected chi connectivity index (χ3v) is 1.63. The zero-order chi connectivity index (χ0) is 8.39. The number of aromatic nitrogens is 1. The van der Waals surface area contributed by atoms with Crippen LogP contribution in [0, 0.1) is 0 Å². The van der Waals surface area contributed by atoms with Gasteiger partial charge in [-0.05, 0) is 0 Å². The minimum absolute atomic E-state index is 0.748. The minimum Gasteiger partial charge on any atom is -0.444 e. The molecule has 0 N–H and O–H groups in total. The Morgan fingerprint density at radius 3 is 2.50 bits per heavy atom. The molecule has 2 aromatic rings. The molecule has 1 aromatic carbocycles. The van der Waals surface area contributed by atoms with Crippen molar-refractivity contribution in [3.8, 4) is 11.3 Å². The van der Waals surface area contributed by atoms with Gasteiger partial charge in [-0.25, -0.2) is 4.98 Å². The molecule has 0 aliphatic rings. The Morgan fingerprint density at radius 2 is 1.92 bits per heavy atom. The smallest absolute Gasteiger partial charge is 0.181 e. The molecule has 0 aliphatic carbocycles. The van der Waals surface area contributed by atoms with Gasteiger partial charge in [-0.2, -0.15) is 0 Å². The van der Waals surface area contributed by atoms with E-state index >= 15 is 0 Å². The number of hydrogen-bond donors (Lipinski definition) is 0. The molecule has 2 rings (SSSR count). The van der Waals surface area contributed by atoms with Gasteiger partial charge in [0.25, 0.3) is 0 Å². The lowest BCUT2D eigenvalue weighted by Gasteiger charge is -1.95. The molecular weight excluding hydrogens is 149 g/mol. The maximum Gasteiger partial charge on any atom is 0.181 e. The zero-order valence-corrected chi connectivity index (χ0v) is 6.40. The molecule has 0 atom stereocenters. The van der Waals surface area contributed by atoms with E-state index in [1.165, 1.54) is 6.39 Å². The summed E-state index contributed by atoms with van der Waals surface area (Å²) in [4.78, 5) is 3.82. The summed E-state index contributed by atoms with van der Waals surface area (Å²) in [7, 11) is 5.53. The van der Waals surface area contributed by atoms with Crippen LogP contribution in [0.4, 0.5) is 0 Å². The van der Waals surface area contributed by atoms with Gasteiger partial charge in [0, 0.05) is 5.56 Å². The first-order valence-electron chi connectivity index (χ1n) is 3.60. The van der Waals surface area contributed by atoms with E-state index in [2.05, 4.69) is 4.98 Å². The van der Waals surface area contributed by atoms with Crippen molar-refractivity contribution in [3.05, 3.63) is 36.9 Å². The highest BCUT2D eigenvalue weighted by Gasteiger charge is 1.98. The van der Waals surface area contributed by atoms with E-state index in [-0.39, 0.29) is 0 Å². The van der Waals surface area contributed by atoms with E-state index in [1.54, 1.807) is 6.20 Å². The van der Waals surface area contributed by atoms with Crippen LogP contribution in [0.15, 0.2) is 41.3 Å². The summed E-state index contributed by atoms with van der Waals surface area (Å²) in [5.41, 5.74) is 1.74. The molecule has 12 heavy (non-hydrogen) atoms. The minimum atomic E-state index is 0.748. The lowest BCUT2D eigenvalue weighted by atomic mass is 9.95. The van der Waals surface area contributed by atoms with Crippen LogP contribution in [-0.4, -0.2) is 12.8 Å². The topological polar surface area (TPSA) is 26.0 Å². The Balaban J connectivity index is 2.43. The van der Waals surface area contributed by atoms with Gasteiger partial charge in [0.05, 0.1) is 6.20 Å². The highest BCUT2D eigenvalue weighted by Crippen LogP contribution is 2.16. The van der Waals surface area contributed by atoms with Crippen LogP contribution in [-0.2, 0) is 0 Å². The summed E-state index contributed by atoms with van der Waals surface area (Å²) in [6.07, 6.45) is 3.08. The molecule has 0 unspecified atom stereocenters. The zero-order valence-electron chi connectivity index (χ0n) is 6.40. The average Bonchev–Trinajstić information content (AvgIpc) is 2.58. The van der Waals surface area contributed by atoms with Crippen molar-refractivity contribution in [3.63, 3.8) is 0 Å².